The number of likely N-dealkylation sites (tertiary alicyclic amines) is 1. The molecule has 1 aliphatic carbocycles. The zero-order valence-corrected chi connectivity index (χ0v) is 17.7. The van der Waals surface area contributed by atoms with Crippen LogP contribution < -0.4 is 10.5 Å². The van der Waals surface area contributed by atoms with Crippen molar-refractivity contribution in [2.45, 2.75) is 57.1 Å². The molecule has 1 spiro atoms. The molecule has 2 aliphatic heterocycles. The highest BCUT2D eigenvalue weighted by Crippen LogP contribution is 2.43. The van der Waals surface area contributed by atoms with Crippen LogP contribution in [0.3, 0.4) is 0 Å². The molecule has 1 saturated carbocycles. The Kier molecular flexibility index (Phi) is 5.25. The molecule has 164 valence electrons. The number of pyridine rings is 1. The first-order chi connectivity index (χ1) is 15.1. The van der Waals surface area contributed by atoms with Crippen LogP contribution in [-0.2, 0) is 4.79 Å². The highest BCUT2D eigenvalue weighted by Gasteiger charge is 2.50. The lowest BCUT2D eigenvalue weighted by molar-refractivity contribution is -0.139. The summed E-state index contributed by atoms with van der Waals surface area (Å²) in [7, 11) is 0. The fourth-order valence-electron chi connectivity index (χ4n) is 5.49. The molecule has 2 aromatic heterocycles. The number of carbonyl (C=O) groups excluding carboxylic acids is 1. The van der Waals surface area contributed by atoms with Gasteiger partial charge in [0.1, 0.15) is 0 Å². The highest BCUT2D eigenvalue weighted by atomic mass is 16.3. The van der Waals surface area contributed by atoms with Crippen LogP contribution in [0.2, 0.25) is 0 Å². The lowest BCUT2D eigenvalue weighted by Crippen LogP contribution is -2.50. The van der Waals surface area contributed by atoms with E-state index in [1.54, 1.807) is 30.7 Å². The summed E-state index contributed by atoms with van der Waals surface area (Å²) in [6, 6.07) is 5.28. The minimum atomic E-state index is -0.354. The molecule has 5 rings (SSSR count). The Morgan fingerprint density at radius 2 is 1.77 bits per heavy atom. The number of hydrogen-bond donors (Lipinski definition) is 1. The highest BCUT2D eigenvalue weighted by molar-refractivity contribution is 5.86. The maximum Gasteiger partial charge on any atom is 0.255 e. The Morgan fingerprint density at radius 1 is 1.00 bits per heavy atom. The van der Waals surface area contributed by atoms with Crippen LogP contribution in [0.1, 0.15) is 44.9 Å². The third-order valence-corrected chi connectivity index (χ3v) is 7.24. The average Bonchev–Trinajstić information content (AvgIpc) is 3.10. The van der Waals surface area contributed by atoms with Gasteiger partial charge in [-0.2, -0.15) is 0 Å². The zero-order chi connectivity index (χ0) is 21.4. The van der Waals surface area contributed by atoms with Gasteiger partial charge >= 0.3 is 0 Å². The summed E-state index contributed by atoms with van der Waals surface area (Å²) >= 11 is 0. The molecule has 0 bridgehead atoms. The van der Waals surface area contributed by atoms with Crippen LogP contribution in [0.5, 0.6) is 0 Å². The number of aromatic nitrogens is 3. The van der Waals surface area contributed by atoms with E-state index in [9.17, 15) is 14.7 Å². The van der Waals surface area contributed by atoms with Crippen molar-refractivity contribution in [1.29, 1.82) is 0 Å². The topological polar surface area (TPSA) is 91.6 Å². The molecule has 2 saturated heterocycles. The summed E-state index contributed by atoms with van der Waals surface area (Å²) in [6.07, 6.45) is 10.9. The monoisotopic (exact) mass is 423 g/mol. The zero-order valence-electron chi connectivity index (χ0n) is 17.7. The molecule has 1 atom stereocenters. The second kappa shape index (κ2) is 8.07. The molecule has 3 aliphatic rings. The Morgan fingerprint density at radius 3 is 2.52 bits per heavy atom. The van der Waals surface area contributed by atoms with Crippen LogP contribution in [0.25, 0.3) is 5.69 Å². The number of aliphatic hydroxyl groups excluding tert-OH is 1. The summed E-state index contributed by atoms with van der Waals surface area (Å²) < 4.78 is 1.51. The van der Waals surface area contributed by atoms with Gasteiger partial charge in [0.05, 0.1) is 29.6 Å². The van der Waals surface area contributed by atoms with Gasteiger partial charge < -0.3 is 14.9 Å². The number of nitrogens with zero attached hydrogens (tertiary/aromatic N) is 5. The Labute approximate surface area is 181 Å². The lowest BCUT2D eigenvalue weighted by Gasteiger charge is -2.40. The molecule has 31 heavy (non-hydrogen) atoms. The molecule has 8 nitrogen and oxygen atoms in total. The summed E-state index contributed by atoms with van der Waals surface area (Å²) in [4.78, 5) is 38.7. The van der Waals surface area contributed by atoms with E-state index < -0.39 is 0 Å². The first-order valence-corrected chi connectivity index (χ1v) is 11.3. The van der Waals surface area contributed by atoms with Crippen molar-refractivity contribution in [2.75, 3.05) is 24.5 Å². The molecule has 1 amide bonds. The number of anilines is 1. The van der Waals surface area contributed by atoms with Crippen LogP contribution >= 0.6 is 0 Å². The molecular formula is C23H29N5O3. The number of piperidine rings is 1. The molecule has 0 unspecified atom stereocenters. The fraction of sp³-hybridized carbons (Fsp3) is 0.565. The summed E-state index contributed by atoms with van der Waals surface area (Å²) in [5.74, 6) is 0.880. The number of amides is 1. The van der Waals surface area contributed by atoms with E-state index in [-0.39, 0.29) is 29.0 Å². The van der Waals surface area contributed by atoms with Gasteiger partial charge in [-0.25, -0.2) is 9.97 Å². The van der Waals surface area contributed by atoms with E-state index >= 15 is 0 Å². The van der Waals surface area contributed by atoms with Gasteiger partial charge in [-0.1, -0.05) is 6.07 Å². The second-order valence-corrected chi connectivity index (χ2v) is 9.17. The van der Waals surface area contributed by atoms with Crippen molar-refractivity contribution >= 4 is 11.9 Å². The maximum atomic E-state index is 13.5. The van der Waals surface area contributed by atoms with Crippen molar-refractivity contribution in [1.82, 2.24) is 19.4 Å². The standard InChI is InChI=1S/C23H29N5O3/c29-19-7-5-17(6-8-19)28-13-10-23(21(28)31)9-3-11-26(16-23)22-24-14-18(15-25-22)27-12-2-1-4-20(27)30/h1-2,4,12,14-15,17,19,29H,3,5-11,13,16H2/t17-,19+,23-/m1/s1. The van der Waals surface area contributed by atoms with Gasteiger partial charge in [0.25, 0.3) is 5.56 Å². The van der Waals surface area contributed by atoms with Crippen molar-refractivity contribution in [3.05, 3.63) is 47.1 Å². The number of carbonyl (C=O) groups is 1. The number of rotatable bonds is 3. The molecular weight excluding hydrogens is 394 g/mol. The summed E-state index contributed by atoms with van der Waals surface area (Å²) in [6.45, 7) is 2.28. The van der Waals surface area contributed by atoms with Crippen LogP contribution in [0.4, 0.5) is 5.95 Å². The Hall–Kier alpha value is -2.74. The summed E-state index contributed by atoms with van der Waals surface area (Å²) in [5, 5.41) is 9.80. The van der Waals surface area contributed by atoms with Gasteiger partial charge in [-0.3, -0.25) is 14.2 Å². The van der Waals surface area contributed by atoms with Crippen molar-refractivity contribution in [2.24, 2.45) is 5.41 Å². The van der Waals surface area contributed by atoms with Gasteiger partial charge in [0.15, 0.2) is 0 Å². The van der Waals surface area contributed by atoms with Crippen LogP contribution in [-0.4, -0.2) is 62.2 Å². The number of hydrogen-bond acceptors (Lipinski definition) is 6. The van der Waals surface area contributed by atoms with Crippen molar-refractivity contribution in [3.63, 3.8) is 0 Å². The lowest BCUT2D eigenvalue weighted by atomic mass is 9.78. The van der Waals surface area contributed by atoms with Gasteiger partial charge in [0, 0.05) is 37.9 Å². The quantitative estimate of drug-likeness (QED) is 0.809. The maximum absolute atomic E-state index is 13.5. The molecule has 4 heterocycles. The van der Waals surface area contributed by atoms with Crippen LogP contribution in [0.15, 0.2) is 41.6 Å². The van der Waals surface area contributed by atoms with E-state index in [1.165, 1.54) is 10.6 Å². The van der Waals surface area contributed by atoms with Gasteiger partial charge in [-0.05, 0) is 51.0 Å². The minimum absolute atomic E-state index is 0.123. The third-order valence-electron chi connectivity index (χ3n) is 7.24. The molecule has 2 aromatic rings. The molecule has 3 fully saturated rings. The minimum Gasteiger partial charge on any atom is -0.393 e. The largest absolute Gasteiger partial charge is 0.393 e. The SMILES string of the molecule is O=C1N([C@H]2CC[C@@H](O)CC2)CC[C@@]12CCCN(c1ncc(-n3ccccc3=O)cn1)C2. The van der Waals surface area contributed by atoms with Gasteiger partial charge in [0.2, 0.25) is 11.9 Å². The predicted octanol–water partition coefficient (Wildman–Crippen LogP) is 1.75. The average molecular weight is 424 g/mol. The van der Waals surface area contributed by atoms with E-state index in [0.717, 1.165) is 58.0 Å². The molecule has 1 N–H and O–H groups in total. The van der Waals surface area contributed by atoms with Crippen LogP contribution in [0, 0.1) is 5.41 Å². The molecule has 0 aromatic carbocycles. The van der Waals surface area contributed by atoms with E-state index in [1.807, 2.05) is 0 Å². The summed E-state index contributed by atoms with van der Waals surface area (Å²) in [5.41, 5.74) is 0.151. The van der Waals surface area contributed by atoms with E-state index in [0.29, 0.717) is 18.2 Å². The first kappa shape index (κ1) is 20.2. The van der Waals surface area contributed by atoms with E-state index in [2.05, 4.69) is 19.8 Å². The molecule has 0 radical (unpaired) electrons. The van der Waals surface area contributed by atoms with Gasteiger partial charge in [-0.15, -0.1) is 0 Å². The predicted molar refractivity (Wildman–Crippen MR) is 116 cm³/mol. The van der Waals surface area contributed by atoms with Crippen molar-refractivity contribution in [3.8, 4) is 5.69 Å². The Bertz CT molecular complexity index is 999. The normalized spacial score (nSPS) is 29.0. The van der Waals surface area contributed by atoms with Crippen molar-refractivity contribution < 1.29 is 9.90 Å². The second-order valence-electron chi connectivity index (χ2n) is 9.17. The fourth-order valence-corrected chi connectivity index (χ4v) is 5.49. The third kappa shape index (κ3) is 3.73. The smallest absolute Gasteiger partial charge is 0.255 e. The number of aliphatic hydroxyl groups is 1. The first-order valence-electron chi connectivity index (χ1n) is 11.3. The van der Waals surface area contributed by atoms with E-state index in [4.69, 9.17) is 0 Å². The molecule has 8 heteroatoms. The Balaban J connectivity index is 1.31.